The molecule has 3 aromatic rings. The lowest BCUT2D eigenvalue weighted by Crippen LogP contribution is -2.46. The number of nitrogens with zero attached hydrogens (tertiary/aromatic N) is 6. The number of hydrogen-bond donors (Lipinski definition) is 0. The first-order chi connectivity index (χ1) is 14.6. The Balaban J connectivity index is 2.16. The van der Waals surface area contributed by atoms with E-state index in [0.717, 1.165) is 0 Å². The van der Waals surface area contributed by atoms with Crippen molar-refractivity contribution in [2.45, 2.75) is 41.5 Å². The van der Waals surface area contributed by atoms with Crippen LogP contribution in [0.3, 0.4) is 0 Å². The van der Waals surface area contributed by atoms with Gasteiger partial charge in [0.2, 0.25) is 0 Å². The van der Waals surface area contributed by atoms with Crippen LogP contribution in [0.2, 0.25) is 0 Å². The number of carbonyl (C=O) groups excluding carboxylic acids is 3. The quantitative estimate of drug-likeness (QED) is 0.554. The van der Waals surface area contributed by atoms with E-state index in [1.54, 1.807) is 41.5 Å². The van der Waals surface area contributed by atoms with Gasteiger partial charge in [-0.2, -0.15) is 0 Å². The molecule has 9 nitrogen and oxygen atoms in total. The molecule has 0 spiro atoms. The predicted octanol–water partition coefficient (Wildman–Crippen LogP) is 1.97. The molecule has 1 radical (unpaired) electrons. The molecule has 0 saturated heterocycles. The van der Waals surface area contributed by atoms with E-state index in [2.05, 4.69) is 29.9 Å². The Bertz CT molecular complexity index is 1080. The Morgan fingerprint density at radius 2 is 0.806 bits per heavy atom. The van der Waals surface area contributed by atoms with E-state index in [0.29, 0.717) is 34.2 Å². The first-order valence-corrected chi connectivity index (χ1v) is 9.63. The fraction of sp³-hybridized carbons (Fsp3) is 0.286. The zero-order valence-corrected chi connectivity index (χ0v) is 18.2. The van der Waals surface area contributed by atoms with E-state index >= 15 is 0 Å². The summed E-state index contributed by atoms with van der Waals surface area (Å²) in [5.41, 5.74) is 0.400. The lowest BCUT2D eigenvalue weighted by molar-refractivity contribution is 0.0989. The summed E-state index contributed by atoms with van der Waals surface area (Å²) in [6.45, 7) is 8.30. The number of hydrogen-bond acceptors (Lipinski definition) is 9. The molecule has 10 heteroatoms. The molecule has 3 heterocycles. The van der Waals surface area contributed by atoms with E-state index in [9.17, 15) is 14.4 Å². The van der Waals surface area contributed by atoms with Crippen molar-refractivity contribution in [3.05, 3.63) is 69.8 Å². The second kappa shape index (κ2) is 8.59. The lowest BCUT2D eigenvalue weighted by atomic mass is 9.38. The van der Waals surface area contributed by atoms with Gasteiger partial charge in [-0.15, -0.1) is 0 Å². The molecule has 0 amide bonds. The van der Waals surface area contributed by atoms with Crippen molar-refractivity contribution in [2.24, 2.45) is 0 Å². The van der Waals surface area contributed by atoms with Crippen LogP contribution in [0.25, 0.3) is 0 Å². The third kappa shape index (κ3) is 4.42. The van der Waals surface area contributed by atoms with Crippen molar-refractivity contribution < 1.29 is 14.4 Å². The van der Waals surface area contributed by atoms with Gasteiger partial charge in [0, 0.05) is 18.6 Å². The maximum atomic E-state index is 13.4. The van der Waals surface area contributed by atoms with Gasteiger partial charge < -0.3 is 14.4 Å². The summed E-state index contributed by atoms with van der Waals surface area (Å²) in [7, 11) is 0. The minimum Gasteiger partial charge on any atom is -0.342 e. The Hall–Kier alpha value is -3.69. The van der Waals surface area contributed by atoms with Crippen molar-refractivity contribution in [3.8, 4) is 0 Å². The van der Waals surface area contributed by atoms with E-state index in [-0.39, 0.29) is 17.1 Å². The Morgan fingerprint density at radius 3 is 1.03 bits per heavy atom. The smallest absolute Gasteiger partial charge is 0.126 e. The first kappa shape index (κ1) is 22.0. The van der Waals surface area contributed by atoms with Gasteiger partial charge in [0.25, 0.3) is 0 Å². The molecule has 31 heavy (non-hydrogen) atoms. The molecular formula is C21H21BN6O3-. The number of aromatic nitrogens is 6. The van der Waals surface area contributed by atoms with Gasteiger partial charge >= 0.3 is 0 Å². The number of aryl methyl sites for hydroxylation is 6. The Labute approximate surface area is 179 Å². The van der Waals surface area contributed by atoms with Crippen LogP contribution in [0.1, 0.15) is 65.6 Å². The summed E-state index contributed by atoms with van der Waals surface area (Å²) in [4.78, 5) is 65.4. The van der Waals surface area contributed by atoms with Crippen LogP contribution >= 0.6 is 0 Å². The van der Waals surface area contributed by atoms with Gasteiger partial charge in [-0.1, -0.05) is 0 Å². The van der Waals surface area contributed by atoms with Crippen molar-refractivity contribution in [1.82, 2.24) is 29.9 Å². The predicted molar refractivity (Wildman–Crippen MR) is 113 cm³/mol. The average molecular weight is 416 g/mol. The van der Waals surface area contributed by atoms with Crippen molar-refractivity contribution >= 4 is 23.8 Å². The molecule has 0 bridgehead atoms. The van der Waals surface area contributed by atoms with Crippen molar-refractivity contribution in [1.29, 1.82) is 0 Å². The summed E-state index contributed by atoms with van der Waals surface area (Å²) in [6, 6.07) is 0. The van der Waals surface area contributed by atoms with Crippen LogP contribution < -0.4 is 0 Å². The summed E-state index contributed by atoms with van der Waals surface area (Å²) in [5.74, 6) is 0. The fourth-order valence-electron chi connectivity index (χ4n) is 3.29. The molecule has 0 saturated carbocycles. The zero-order chi connectivity index (χ0) is 22.9. The highest BCUT2D eigenvalue weighted by Gasteiger charge is 2.30. The number of rotatable bonds is 6. The Kier molecular flexibility index (Phi) is 6.10. The van der Waals surface area contributed by atoms with Crippen LogP contribution in [-0.4, -0.2) is 53.7 Å². The Morgan fingerprint density at radius 1 is 0.548 bits per heavy atom. The number of carbonyl (C=O) groups is 3. The monoisotopic (exact) mass is 416 g/mol. The molecule has 0 aliphatic rings. The van der Waals surface area contributed by atoms with E-state index in [1.165, 1.54) is 18.6 Å². The molecule has 0 aliphatic carbocycles. The lowest BCUT2D eigenvalue weighted by Gasteiger charge is -2.24. The molecule has 0 aliphatic heterocycles. The summed E-state index contributed by atoms with van der Waals surface area (Å²) in [6.07, 6.45) is 4.25. The van der Waals surface area contributed by atoms with E-state index < -0.39 is 23.8 Å². The maximum absolute atomic E-state index is 13.4. The van der Waals surface area contributed by atoms with Crippen LogP contribution in [0.4, 0.5) is 0 Å². The molecular weight excluding hydrogens is 395 g/mol. The third-order valence-corrected chi connectivity index (χ3v) is 4.69. The second-order valence-corrected chi connectivity index (χ2v) is 7.36. The van der Waals surface area contributed by atoms with Crippen LogP contribution in [0.5, 0.6) is 0 Å². The molecule has 0 atom stereocenters. The molecule has 0 unspecified atom stereocenters. The highest BCUT2D eigenvalue weighted by atomic mass is 16.2. The maximum Gasteiger partial charge on any atom is 0.126 e. The molecule has 0 fully saturated rings. The van der Waals surface area contributed by atoms with Crippen molar-refractivity contribution in [3.63, 3.8) is 0 Å². The largest absolute Gasteiger partial charge is 0.342 e. The zero-order valence-electron chi connectivity index (χ0n) is 18.2. The van der Waals surface area contributed by atoms with Gasteiger partial charge in [-0.25, -0.2) is 0 Å². The highest BCUT2D eigenvalue weighted by Crippen LogP contribution is 2.16. The average Bonchev–Trinajstić information content (AvgIpc) is 2.67. The minimum absolute atomic E-state index is 0.0484. The molecule has 0 aromatic carbocycles. The summed E-state index contributed by atoms with van der Waals surface area (Å²) >= 11 is 0. The molecule has 3 rings (SSSR count). The summed E-state index contributed by atoms with van der Waals surface area (Å²) < 4.78 is 0. The van der Waals surface area contributed by atoms with Crippen LogP contribution in [0, 0.1) is 41.5 Å². The van der Waals surface area contributed by atoms with Crippen LogP contribution in [0.15, 0.2) is 18.6 Å². The van der Waals surface area contributed by atoms with Gasteiger partial charge in [0.15, 0.2) is 0 Å². The minimum atomic E-state index is -1.72. The standard InChI is InChI=1S/C21H21BN6O3/c1-10-7-23-16(13(4)26-10)19(29)22(20(30)17-14(5)27-11(2)8-24-17)21(31)18-15(6)28-12(3)9-25-18/h7-9H,1-6H3/q-1. The van der Waals surface area contributed by atoms with Crippen LogP contribution in [-0.2, 0) is 0 Å². The fourth-order valence-corrected chi connectivity index (χ4v) is 3.29. The first-order valence-electron chi connectivity index (χ1n) is 9.63. The second-order valence-electron chi connectivity index (χ2n) is 7.36. The molecule has 0 N–H and O–H groups in total. The topological polar surface area (TPSA) is 129 Å². The summed E-state index contributed by atoms with van der Waals surface area (Å²) in [5, 5.41) is 0. The van der Waals surface area contributed by atoms with Crippen molar-refractivity contribution in [2.75, 3.05) is 0 Å². The molecule has 3 aromatic heterocycles. The van der Waals surface area contributed by atoms with Gasteiger partial charge in [0.05, 0.1) is 51.2 Å². The van der Waals surface area contributed by atoms with Gasteiger partial charge in [-0.05, 0) is 58.6 Å². The third-order valence-electron chi connectivity index (χ3n) is 4.69. The van der Waals surface area contributed by atoms with E-state index in [4.69, 9.17) is 0 Å². The van der Waals surface area contributed by atoms with E-state index in [1.807, 2.05) is 0 Å². The SMILES string of the molecule is Cc1cnc(C(=O)[B-](C(=O)c2ncc(C)nc2C)C(=O)c2ncc(C)nc2C)c(C)n1. The normalized spacial score (nSPS) is 10.9. The van der Waals surface area contributed by atoms with Gasteiger partial charge in [-0.3, -0.25) is 29.9 Å². The highest BCUT2D eigenvalue weighted by molar-refractivity contribution is 7.31. The molecule has 157 valence electrons. The van der Waals surface area contributed by atoms with Gasteiger partial charge in [0.1, 0.15) is 6.71 Å².